The number of aromatic nitrogens is 20. The number of nitrogens with two attached hydrogens (primary N) is 5. The summed E-state index contributed by atoms with van der Waals surface area (Å²) in [7, 11) is 15.6. The fourth-order valence-corrected chi connectivity index (χ4v) is 20.4. The van der Waals surface area contributed by atoms with Crippen LogP contribution in [0.3, 0.4) is 0 Å². The second kappa shape index (κ2) is 49.0. The van der Waals surface area contributed by atoms with Crippen LogP contribution in [-0.2, 0) is 50.3 Å². The number of hydrogen-bond acceptors (Lipinski definition) is 36. The van der Waals surface area contributed by atoms with Gasteiger partial charge >= 0.3 is 0 Å². The number of hydrogen-bond donors (Lipinski definition) is 5. The highest BCUT2D eigenvalue weighted by Gasteiger charge is 2.31. The molecule has 0 bridgehead atoms. The minimum absolute atomic E-state index is 0.000123. The molecule has 3 aliphatic carbocycles. The second-order valence-corrected chi connectivity index (χ2v) is 38.1. The van der Waals surface area contributed by atoms with E-state index in [-0.39, 0.29) is 111 Å². The van der Waals surface area contributed by atoms with Gasteiger partial charge in [0.1, 0.15) is 52.7 Å². The normalized spacial score (nSPS) is 14.0. The van der Waals surface area contributed by atoms with Gasteiger partial charge in [-0.3, -0.25) is 48.9 Å². The lowest BCUT2D eigenvalue weighted by Gasteiger charge is -2.23. The molecule has 0 aromatic carbocycles. The molecule has 148 heavy (non-hydrogen) atoms. The Morgan fingerprint density at radius 2 is 0.541 bits per heavy atom. The molecular weight excluding hydrogens is 2010 g/mol. The van der Waals surface area contributed by atoms with Crippen molar-refractivity contribution in [1.82, 2.24) is 97.6 Å². The average Bonchev–Trinajstić information content (AvgIpc) is 1.16. The Bertz CT molecular complexity index is 7550. The van der Waals surface area contributed by atoms with Gasteiger partial charge in [-0.25, -0.2) is 24.9 Å². The Hall–Kier alpha value is -14.4. The van der Waals surface area contributed by atoms with Crippen LogP contribution in [0, 0.1) is 11.8 Å². The van der Waals surface area contributed by atoms with E-state index < -0.39 is 0 Å². The molecule has 1 saturated heterocycles. The number of rotatable bonds is 27. The van der Waals surface area contributed by atoms with E-state index in [2.05, 4.69) is 74.8 Å². The van der Waals surface area contributed by atoms with Gasteiger partial charge in [0.15, 0.2) is 113 Å². The van der Waals surface area contributed by atoms with E-state index in [4.69, 9.17) is 139 Å². The quantitative estimate of drug-likeness (QED) is 0.0298. The molecule has 0 atom stereocenters. The number of nitrogen functional groups attached to an aromatic ring is 5. The first-order valence-corrected chi connectivity index (χ1v) is 50.0. The Labute approximate surface area is 874 Å². The highest BCUT2D eigenvalue weighted by Crippen LogP contribution is 2.40. The molecule has 780 valence electrons. The molecule has 1 aliphatic heterocycles. The summed E-state index contributed by atoms with van der Waals surface area (Å²) in [6, 6.07) is 8.95. The molecule has 16 heterocycles. The minimum Gasteiger partial charge on any atom is -0.493 e. The summed E-state index contributed by atoms with van der Waals surface area (Å²) >= 11 is 31.5. The van der Waals surface area contributed by atoms with Gasteiger partial charge in [-0.15, -0.1) is 0 Å². The van der Waals surface area contributed by atoms with Crippen LogP contribution in [0.1, 0.15) is 191 Å². The Balaban J connectivity index is 0.000000139. The van der Waals surface area contributed by atoms with E-state index in [0.717, 1.165) is 117 Å². The van der Waals surface area contributed by atoms with Crippen molar-refractivity contribution in [2.24, 2.45) is 11.8 Å². The largest absolute Gasteiger partial charge is 0.493 e. The molecule has 0 radical (unpaired) electrons. The second-order valence-electron chi connectivity index (χ2n) is 36.3. The van der Waals surface area contributed by atoms with Gasteiger partial charge in [-0.1, -0.05) is 136 Å². The Kier molecular flexibility index (Phi) is 35.7. The van der Waals surface area contributed by atoms with Gasteiger partial charge < -0.3 is 104 Å². The van der Waals surface area contributed by atoms with Crippen LogP contribution in [-0.4, -0.2) is 182 Å². The number of ether oxygens (including phenoxy) is 11. The summed E-state index contributed by atoms with van der Waals surface area (Å²) in [6.07, 6.45) is 36.0. The minimum atomic E-state index is -0.193. The molecule has 4 aliphatic rings. The number of halogens is 5. The van der Waals surface area contributed by atoms with E-state index in [0.29, 0.717) is 189 Å². The van der Waals surface area contributed by atoms with Crippen molar-refractivity contribution in [3.05, 3.63) is 225 Å². The summed E-state index contributed by atoms with van der Waals surface area (Å²) in [5, 5.41) is 1.73. The van der Waals surface area contributed by atoms with Crippen molar-refractivity contribution in [3.8, 4) is 57.5 Å². The average molecular weight is 2130 g/mol. The molecule has 10 N–H and O–H groups in total. The molecule has 0 amide bonds. The SMILES string of the molecule is COc1cnc(Cn2cc(C(C)C)c(=O)c3c(Cl)nc(N)nc32)cc1OC.COc1cnc(Cn2cc(C3CCCC3)c(=O)c3c(Cl)nc(N)nc32)cc1OC.COc1cnc(Cn2cc(C3CCCCC3)c(=O)c3c(Cl)nc(N)nc32)cc1OC.COc1cnc(Cn2cc(CC3CCCCC3)c(=O)c3c(Cl)nc(N)nc32)cc1OC.COc1cnc(Cn2cc(CC3CCOCC3)c(=O)c3c(Cl)nc(N)nc32)cc1OC. The summed E-state index contributed by atoms with van der Waals surface area (Å²) < 4.78 is 67.8. The third kappa shape index (κ3) is 24.7. The van der Waals surface area contributed by atoms with Crippen molar-refractivity contribution in [2.75, 3.05) is 113 Å². The molecule has 3 saturated carbocycles. The Morgan fingerprint density at radius 3 is 0.811 bits per heavy atom. The summed E-state index contributed by atoms with van der Waals surface area (Å²) in [4.78, 5) is 129. The summed E-state index contributed by atoms with van der Waals surface area (Å²) in [5.41, 5.74) is 37.3. The third-order valence-corrected chi connectivity index (χ3v) is 27.9. The molecule has 15 aromatic rings. The number of methoxy groups -OCH3 is 10. The van der Waals surface area contributed by atoms with Crippen molar-refractivity contribution < 1.29 is 52.1 Å². The first kappa shape index (κ1) is 108. The maximum atomic E-state index is 13.3. The smallest absolute Gasteiger partial charge is 0.223 e. The van der Waals surface area contributed by atoms with Crippen LogP contribution >= 0.6 is 58.0 Å². The first-order chi connectivity index (χ1) is 71.4. The van der Waals surface area contributed by atoms with Crippen LogP contribution in [0.25, 0.3) is 55.2 Å². The van der Waals surface area contributed by atoms with Crippen LogP contribution in [0.4, 0.5) is 29.7 Å². The van der Waals surface area contributed by atoms with E-state index in [9.17, 15) is 24.0 Å². The summed E-state index contributed by atoms with van der Waals surface area (Å²) in [6.45, 7) is 7.06. The van der Waals surface area contributed by atoms with E-state index in [1.54, 1.807) is 143 Å². The maximum absolute atomic E-state index is 13.3. The fourth-order valence-electron chi connectivity index (χ4n) is 19.1. The molecule has 15 aromatic heterocycles. The molecule has 41 nitrogen and oxygen atoms in total. The molecule has 19 rings (SSSR count). The zero-order chi connectivity index (χ0) is 105. The van der Waals surface area contributed by atoms with Gasteiger partial charge in [-0.2, -0.15) is 24.9 Å². The van der Waals surface area contributed by atoms with Crippen molar-refractivity contribution >= 4 is 143 Å². The highest BCUT2D eigenvalue weighted by atomic mass is 35.5. The predicted octanol–water partition coefficient (Wildman–Crippen LogP) is 15.4. The zero-order valence-electron chi connectivity index (χ0n) is 84.0. The standard InChI is InChI=1S/C22H26ClN5O3.C21H24ClN5O4.C21H24ClN5O3.C20H22ClN5O3.C18H20ClN5O3/c1-30-16-9-15(25-10-17(16)31-2)12-28-11-14(8-13-6-4-3-5-7-13)19(29)18-20(23)26-22(24)27-21(18)28;1-29-15-8-14(24-9-16(15)30-2)11-27-10-13(7-12-3-5-31-6-4-12)18(28)17-19(22)25-21(23)26-20(17)27;1-29-15-8-13(24-9-16(15)30-2)10-27-11-14(12-6-4-3-5-7-12)18(28)17-19(22)25-21(23)26-20(17)27;1-28-14-7-12(23-8-15(14)29-2)9-26-10-13(11-5-3-4-6-11)17(27)16-18(21)24-20(22)25-19(16)26;1-9(2)11-8-24(7-10-5-12(26-3)13(27-4)6-21-10)17-14(15(11)25)16(19)22-18(20)23-17/h9-11,13H,3-8,12H2,1-2H3,(H2,24,26,27);8-10,12H,3-7,11H2,1-2H3,(H2,23,25,26);8-9,11-12H,3-7,10H2,1-2H3,(H2,23,25,26);7-8,10-11H,3-6,9H2,1-2H3,(H2,22,24,25);5-6,8-9H,7H2,1-4H3,(H2,20,22,23). The summed E-state index contributed by atoms with van der Waals surface area (Å²) in [5.74, 6) is 6.90. The zero-order valence-corrected chi connectivity index (χ0v) is 87.8. The van der Waals surface area contributed by atoms with E-state index in [1.807, 2.05) is 56.9 Å². The first-order valence-electron chi connectivity index (χ1n) is 48.1. The van der Waals surface area contributed by atoms with E-state index >= 15 is 0 Å². The third-order valence-electron chi connectivity index (χ3n) is 26.5. The lowest BCUT2D eigenvalue weighted by molar-refractivity contribution is 0.0664. The van der Waals surface area contributed by atoms with Crippen molar-refractivity contribution in [2.45, 2.75) is 180 Å². The van der Waals surface area contributed by atoms with Gasteiger partial charge in [0.25, 0.3) is 0 Å². The predicted molar refractivity (Wildman–Crippen MR) is 567 cm³/mol. The maximum Gasteiger partial charge on any atom is 0.223 e. The lowest BCUT2D eigenvalue weighted by atomic mass is 9.84. The Morgan fingerprint density at radius 1 is 0.304 bits per heavy atom. The van der Waals surface area contributed by atoms with Crippen molar-refractivity contribution in [3.63, 3.8) is 0 Å². The van der Waals surface area contributed by atoms with Gasteiger partial charge in [0.05, 0.1) is 163 Å². The van der Waals surface area contributed by atoms with E-state index in [1.165, 1.54) is 25.7 Å². The number of fused-ring (bicyclic) bond motifs is 5. The topological polar surface area (TPSA) is 535 Å². The van der Waals surface area contributed by atoms with Gasteiger partial charge in [-0.05, 0) is 81.0 Å². The monoisotopic (exact) mass is 2120 g/mol. The van der Waals surface area contributed by atoms with Crippen molar-refractivity contribution in [1.29, 1.82) is 0 Å². The molecule has 4 fully saturated rings. The van der Waals surface area contributed by atoms with Gasteiger partial charge in [0.2, 0.25) is 29.7 Å². The van der Waals surface area contributed by atoms with Gasteiger partial charge in [0, 0.05) is 102 Å². The number of pyridine rings is 10. The van der Waals surface area contributed by atoms with Crippen LogP contribution in [0.15, 0.2) is 116 Å². The van der Waals surface area contributed by atoms with Crippen LogP contribution < -0.4 is 103 Å². The van der Waals surface area contributed by atoms with Crippen LogP contribution in [0.5, 0.6) is 57.5 Å². The number of anilines is 5. The molecule has 0 unspecified atom stereocenters. The van der Waals surface area contributed by atoms with Crippen LogP contribution in [0.2, 0.25) is 25.8 Å². The fraction of sp³-hybridized carbons (Fsp3) is 0.412. The molecular formula is C102H116Cl5N25O16. The molecule has 0 spiro atoms. The number of nitrogens with zero attached hydrogens (tertiary/aromatic N) is 20. The molecule has 46 heteroatoms. The lowest BCUT2D eigenvalue weighted by Crippen LogP contribution is -2.23. The highest BCUT2D eigenvalue weighted by molar-refractivity contribution is 6.35.